The maximum absolute atomic E-state index is 12.5. The Balaban J connectivity index is 2.03. The zero-order valence-electron chi connectivity index (χ0n) is 14.1. The fourth-order valence-corrected chi connectivity index (χ4v) is 4.35. The number of halogens is 1. The van der Waals surface area contributed by atoms with Crippen molar-refractivity contribution in [3.63, 3.8) is 0 Å². The van der Waals surface area contributed by atoms with Crippen LogP contribution in [-0.2, 0) is 14.8 Å². The molecule has 1 atom stereocenters. The molecular formula is C16H23BrN2O4S. The number of hydrogen-bond acceptors (Lipinski definition) is 4. The highest BCUT2D eigenvalue weighted by atomic mass is 79.9. The number of nitrogens with zero attached hydrogens (tertiary/aromatic N) is 1. The van der Waals surface area contributed by atoms with Crippen molar-refractivity contribution in [1.82, 2.24) is 9.62 Å². The average Bonchev–Trinajstić information content (AvgIpc) is 2.45. The minimum atomic E-state index is -3.63. The van der Waals surface area contributed by atoms with E-state index in [0.29, 0.717) is 24.0 Å². The number of likely N-dealkylation sites (tertiary alicyclic amines) is 1. The number of nitrogens with one attached hydrogen (secondary N) is 1. The summed E-state index contributed by atoms with van der Waals surface area (Å²) in [7, 11) is -3.63. The third-order valence-corrected chi connectivity index (χ3v) is 5.51. The van der Waals surface area contributed by atoms with E-state index < -0.39 is 21.7 Å². The molecule has 8 heteroatoms. The Morgan fingerprint density at radius 2 is 2.08 bits per heavy atom. The van der Waals surface area contributed by atoms with E-state index in [1.54, 1.807) is 29.2 Å². The molecule has 1 fully saturated rings. The molecule has 2 rings (SSSR count). The number of ether oxygens (including phenoxy) is 1. The van der Waals surface area contributed by atoms with Crippen LogP contribution >= 0.6 is 15.9 Å². The molecule has 1 heterocycles. The Morgan fingerprint density at radius 3 is 2.71 bits per heavy atom. The Morgan fingerprint density at radius 1 is 1.38 bits per heavy atom. The van der Waals surface area contributed by atoms with E-state index in [2.05, 4.69) is 20.7 Å². The van der Waals surface area contributed by atoms with Gasteiger partial charge in [-0.15, -0.1) is 0 Å². The van der Waals surface area contributed by atoms with Gasteiger partial charge in [0.15, 0.2) is 0 Å². The zero-order valence-corrected chi connectivity index (χ0v) is 16.5. The van der Waals surface area contributed by atoms with Gasteiger partial charge in [-0.2, -0.15) is 0 Å². The van der Waals surface area contributed by atoms with Crippen LogP contribution in [0.4, 0.5) is 4.79 Å². The lowest BCUT2D eigenvalue weighted by atomic mass is 10.1. The summed E-state index contributed by atoms with van der Waals surface area (Å²) >= 11 is 3.27. The van der Waals surface area contributed by atoms with E-state index in [0.717, 1.165) is 6.42 Å². The van der Waals surface area contributed by atoms with Crippen molar-refractivity contribution in [2.75, 3.05) is 13.1 Å². The van der Waals surface area contributed by atoms with Gasteiger partial charge in [-0.3, -0.25) is 0 Å². The van der Waals surface area contributed by atoms with E-state index >= 15 is 0 Å². The first-order valence-corrected chi connectivity index (χ1v) is 10.1. The molecule has 1 aromatic rings. The first-order valence-electron chi connectivity index (χ1n) is 7.83. The van der Waals surface area contributed by atoms with Crippen LogP contribution in [-0.4, -0.2) is 44.1 Å². The molecule has 0 saturated carbocycles. The number of sulfonamides is 1. The van der Waals surface area contributed by atoms with Crippen molar-refractivity contribution in [3.05, 3.63) is 28.7 Å². The van der Waals surface area contributed by atoms with Crippen molar-refractivity contribution in [2.45, 2.75) is 50.2 Å². The first kappa shape index (κ1) is 19.2. The summed E-state index contributed by atoms with van der Waals surface area (Å²) in [5.41, 5.74) is -0.570. The van der Waals surface area contributed by atoms with E-state index in [9.17, 15) is 13.2 Å². The van der Waals surface area contributed by atoms with Gasteiger partial charge in [-0.1, -0.05) is 22.0 Å². The highest BCUT2D eigenvalue weighted by molar-refractivity contribution is 9.10. The van der Waals surface area contributed by atoms with E-state index in [1.165, 1.54) is 0 Å². The third-order valence-electron chi connectivity index (χ3n) is 3.50. The summed E-state index contributed by atoms with van der Waals surface area (Å²) in [4.78, 5) is 13.9. The highest BCUT2D eigenvalue weighted by Crippen LogP contribution is 2.19. The Kier molecular flexibility index (Phi) is 5.93. The number of benzene rings is 1. The molecule has 1 amide bonds. The molecular weight excluding hydrogens is 396 g/mol. The lowest BCUT2D eigenvalue weighted by Crippen LogP contribution is -2.50. The van der Waals surface area contributed by atoms with Gasteiger partial charge in [0.2, 0.25) is 10.0 Å². The smallest absolute Gasteiger partial charge is 0.410 e. The lowest BCUT2D eigenvalue weighted by Gasteiger charge is -2.34. The number of carbonyl (C=O) groups excluding carboxylic acids is 1. The van der Waals surface area contributed by atoms with Crippen molar-refractivity contribution in [1.29, 1.82) is 0 Å². The van der Waals surface area contributed by atoms with Gasteiger partial charge < -0.3 is 9.64 Å². The molecule has 0 radical (unpaired) electrons. The second kappa shape index (κ2) is 7.41. The molecule has 6 nitrogen and oxygen atoms in total. The number of hydrogen-bond donors (Lipinski definition) is 1. The van der Waals surface area contributed by atoms with Crippen molar-refractivity contribution < 1.29 is 17.9 Å². The van der Waals surface area contributed by atoms with Gasteiger partial charge in [0, 0.05) is 23.6 Å². The largest absolute Gasteiger partial charge is 0.444 e. The molecule has 134 valence electrons. The summed E-state index contributed by atoms with van der Waals surface area (Å²) in [5.74, 6) is 0. The quantitative estimate of drug-likeness (QED) is 0.817. The molecule has 0 spiro atoms. The van der Waals surface area contributed by atoms with Crippen LogP contribution in [0.2, 0.25) is 0 Å². The molecule has 1 aliphatic rings. The summed E-state index contributed by atoms with van der Waals surface area (Å²) in [5, 5.41) is 0. The van der Waals surface area contributed by atoms with Crippen LogP contribution in [0, 0.1) is 0 Å². The predicted molar refractivity (Wildman–Crippen MR) is 95.3 cm³/mol. The van der Waals surface area contributed by atoms with E-state index in [-0.39, 0.29) is 10.9 Å². The van der Waals surface area contributed by atoms with Gasteiger partial charge in [-0.05, 0) is 51.8 Å². The number of amides is 1. The molecule has 1 saturated heterocycles. The second-order valence-corrected chi connectivity index (χ2v) is 9.47. The normalized spacial score (nSPS) is 19.2. The fourth-order valence-electron chi connectivity index (χ4n) is 2.49. The van der Waals surface area contributed by atoms with Gasteiger partial charge in [0.05, 0.1) is 4.90 Å². The summed E-state index contributed by atoms with van der Waals surface area (Å²) < 4.78 is 33.7. The molecule has 1 N–H and O–H groups in total. The topological polar surface area (TPSA) is 75.7 Å². The Labute approximate surface area is 151 Å². The number of piperidine rings is 1. The Bertz CT molecular complexity index is 700. The van der Waals surface area contributed by atoms with Gasteiger partial charge in [-0.25, -0.2) is 17.9 Å². The van der Waals surface area contributed by atoms with Crippen molar-refractivity contribution in [2.24, 2.45) is 0 Å². The van der Waals surface area contributed by atoms with Crippen LogP contribution < -0.4 is 4.72 Å². The van der Waals surface area contributed by atoms with Crippen LogP contribution in [0.3, 0.4) is 0 Å². The molecule has 0 bridgehead atoms. The minimum absolute atomic E-state index is 0.200. The molecule has 1 aromatic carbocycles. The lowest BCUT2D eigenvalue weighted by molar-refractivity contribution is 0.0195. The maximum atomic E-state index is 12.5. The Hall–Kier alpha value is -1.12. The van der Waals surface area contributed by atoms with Crippen LogP contribution in [0.15, 0.2) is 33.6 Å². The second-order valence-electron chi connectivity index (χ2n) is 6.84. The monoisotopic (exact) mass is 418 g/mol. The van der Waals surface area contributed by atoms with Crippen molar-refractivity contribution >= 4 is 32.0 Å². The van der Waals surface area contributed by atoms with Crippen LogP contribution in [0.5, 0.6) is 0 Å². The molecule has 1 aliphatic heterocycles. The van der Waals surface area contributed by atoms with E-state index in [1.807, 2.05) is 20.8 Å². The van der Waals surface area contributed by atoms with Gasteiger partial charge in [0.25, 0.3) is 0 Å². The molecule has 0 unspecified atom stereocenters. The summed E-state index contributed by atoms with van der Waals surface area (Å²) in [6, 6.07) is 6.21. The summed E-state index contributed by atoms with van der Waals surface area (Å²) in [6.45, 7) is 6.30. The molecule has 24 heavy (non-hydrogen) atoms. The van der Waals surface area contributed by atoms with Crippen molar-refractivity contribution in [3.8, 4) is 0 Å². The molecule has 0 aliphatic carbocycles. The highest BCUT2D eigenvalue weighted by Gasteiger charge is 2.30. The fraction of sp³-hybridized carbons (Fsp3) is 0.562. The maximum Gasteiger partial charge on any atom is 0.410 e. The number of carbonyl (C=O) groups is 1. The van der Waals surface area contributed by atoms with Crippen LogP contribution in [0.25, 0.3) is 0 Å². The summed E-state index contributed by atoms with van der Waals surface area (Å²) in [6.07, 6.45) is 1.01. The van der Waals surface area contributed by atoms with Crippen LogP contribution in [0.1, 0.15) is 33.6 Å². The molecule has 0 aromatic heterocycles. The van der Waals surface area contributed by atoms with Gasteiger partial charge >= 0.3 is 6.09 Å². The van der Waals surface area contributed by atoms with Gasteiger partial charge in [0.1, 0.15) is 5.60 Å². The predicted octanol–water partition coefficient (Wildman–Crippen LogP) is 3.13. The standard InChI is InChI=1S/C16H23BrN2O4S/c1-16(2,3)23-15(20)19-9-5-7-13(11-19)18-24(21,22)14-8-4-6-12(17)10-14/h4,6,8,10,13,18H,5,7,9,11H2,1-3H3/t13-/m0/s1. The minimum Gasteiger partial charge on any atom is -0.444 e. The first-order chi connectivity index (χ1) is 11.1. The zero-order chi connectivity index (χ0) is 18.0. The number of rotatable bonds is 3. The average molecular weight is 419 g/mol. The third kappa shape index (κ3) is 5.46. The van der Waals surface area contributed by atoms with E-state index in [4.69, 9.17) is 4.74 Å². The SMILES string of the molecule is CC(C)(C)OC(=O)N1CCC[C@H](NS(=O)(=O)c2cccc(Br)c2)C1.